The Morgan fingerprint density at radius 2 is 1.90 bits per heavy atom. The van der Waals surface area contributed by atoms with Crippen molar-refractivity contribution in [3.8, 4) is 5.75 Å². The van der Waals surface area contributed by atoms with Crippen LogP contribution >= 0.6 is 0 Å². The summed E-state index contributed by atoms with van der Waals surface area (Å²) in [4.78, 5) is 0. The van der Waals surface area contributed by atoms with Gasteiger partial charge in [0, 0.05) is 23.4 Å². The number of rotatable bonds is 3. The van der Waals surface area contributed by atoms with E-state index >= 15 is 0 Å². The molecule has 3 heteroatoms. The lowest BCUT2D eigenvalue weighted by atomic mass is 10.0. The summed E-state index contributed by atoms with van der Waals surface area (Å²) in [6, 6.07) is 16.5. The zero-order valence-corrected chi connectivity index (χ0v) is 12.2. The summed E-state index contributed by atoms with van der Waals surface area (Å²) in [5.41, 5.74) is 4.27. The van der Waals surface area contributed by atoms with Gasteiger partial charge in [0.2, 0.25) is 6.29 Å². The Kier molecular flexibility index (Phi) is 3.67. The Labute approximate surface area is 124 Å². The second-order valence-corrected chi connectivity index (χ2v) is 5.35. The molecule has 1 aliphatic heterocycles. The molecule has 0 radical (unpaired) electrons. The molecule has 0 spiro atoms. The average Bonchev–Trinajstić information content (AvgIpc) is 2.47. The molecule has 0 bridgehead atoms. The molecule has 2 unspecified atom stereocenters. The minimum Gasteiger partial charge on any atom is -0.461 e. The van der Waals surface area contributed by atoms with E-state index < -0.39 is 6.29 Å². The van der Waals surface area contributed by atoms with Crippen LogP contribution in [0.25, 0.3) is 5.57 Å². The Bertz CT molecular complexity index is 664. The molecule has 1 heterocycles. The number of hydrogen-bond donors (Lipinski definition) is 2. The molecule has 0 aromatic heterocycles. The smallest absolute Gasteiger partial charge is 0.217 e. The van der Waals surface area contributed by atoms with E-state index in [4.69, 9.17) is 4.74 Å². The first-order valence-electron chi connectivity index (χ1n) is 7.12. The van der Waals surface area contributed by atoms with Crippen LogP contribution in [0.2, 0.25) is 0 Å². The molecule has 3 rings (SSSR count). The fraction of sp³-hybridized carbons (Fsp3) is 0.222. The molecule has 0 amide bonds. The lowest BCUT2D eigenvalue weighted by Gasteiger charge is -2.22. The lowest BCUT2D eigenvalue weighted by molar-refractivity contribution is 0.0225. The molecule has 2 aromatic rings. The number of fused-ring (bicyclic) bond motifs is 1. The zero-order chi connectivity index (χ0) is 14.8. The SMILES string of the molecule is CC1=CC(O)Oc2cc(NC(C)c3ccccc3)ccc21. The van der Waals surface area contributed by atoms with Crippen LogP contribution in [-0.2, 0) is 0 Å². The van der Waals surface area contributed by atoms with Crippen molar-refractivity contribution < 1.29 is 9.84 Å². The lowest BCUT2D eigenvalue weighted by Crippen LogP contribution is -2.17. The van der Waals surface area contributed by atoms with Crippen LogP contribution in [0.5, 0.6) is 5.75 Å². The molecule has 21 heavy (non-hydrogen) atoms. The summed E-state index contributed by atoms with van der Waals surface area (Å²) in [5.74, 6) is 0.716. The van der Waals surface area contributed by atoms with Gasteiger partial charge in [-0.15, -0.1) is 0 Å². The summed E-state index contributed by atoms with van der Waals surface area (Å²) >= 11 is 0. The first-order valence-corrected chi connectivity index (χ1v) is 7.12. The summed E-state index contributed by atoms with van der Waals surface area (Å²) < 4.78 is 5.47. The number of aliphatic hydroxyl groups excluding tert-OH is 1. The van der Waals surface area contributed by atoms with Crippen molar-refractivity contribution in [1.82, 2.24) is 0 Å². The van der Waals surface area contributed by atoms with Gasteiger partial charge in [-0.3, -0.25) is 0 Å². The van der Waals surface area contributed by atoms with Crippen LogP contribution in [0, 0.1) is 0 Å². The van der Waals surface area contributed by atoms with Crippen molar-refractivity contribution in [2.75, 3.05) is 5.32 Å². The normalized spacial score (nSPS) is 18.2. The van der Waals surface area contributed by atoms with Crippen LogP contribution < -0.4 is 10.1 Å². The molecule has 0 fully saturated rings. The van der Waals surface area contributed by atoms with E-state index in [0.717, 1.165) is 16.8 Å². The standard InChI is InChI=1S/C18H19NO2/c1-12-10-18(20)21-17-11-15(8-9-16(12)17)19-13(2)14-6-4-3-5-7-14/h3-11,13,18-20H,1-2H3. The van der Waals surface area contributed by atoms with Gasteiger partial charge >= 0.3 is 0 Å². The summed E-state index contributed by atoms with van der Waals surface area (Å²) in [7, 11) is 0. The molecule has 3 nitrogen and oxygen atoms in total. The van der Waals surface area contributed by atoms with Gasteiger partial charge in [0.15, 0.2) is 0 Å². The highest BCUT2D eigenvalue weighted by molar-refractivity contribution is 5.73. The first kappa shape index (κ1) is 13.7. The van der Waals surface area contributed by atoms with Gasteiger partial charge in [0.05, 0.1) is 0 Å². The number of anilines is 1. The van der Waals surface area contributed by atoms with E-state index in [-0.39, 0.29) is 6.04 Å². The van der Waals surface area contributed by atoms with Crippen molar-refractivity contribution in [2.45, 2.75) is 26.2 Å². The summed E-state index contributed by atoms with van der Waals surface area (Å²) in [5, 5.41) is 13.1. The largest absolute Gasteiger partial charge is 0.461 e. The second kappa shape index (κ2) is 5.62. The molecule has 0 aliphatic carbocycles. The number of hydrogen-bond acceptors (Lipinski definition) is 3. The van der Waals surface area contributed by atoms with Gasteiger partial charge in [-0.05, 0) is 43.2 Å². The molecule has 2 aromatic carbocycles. The molecular weight excluding hydrogens is 262 g/mol. The van der Waals surface area contributed by atoms with Crippen LogP contribution in [-0.4, -0.2) is 11.4 Å². The minimum absolute atomic E-state index is 0.203. The monoisotopic (exact) mass is 281 g/mol. The molecular formula is C18H19NO2. The van der Waals surface area contributed by atoms with E-state index in [2.05, 4.69) is 24.4 Å². The van der Waals surface area contributed by atoms with Gasteiger partial charge in [-0.25, -0.2) is 0 Å². The topological polar surface area (TPSA) is 41.5 Å². The number of nitrogens with one attached hydrogen (secondary N) is 1. The molecule has 2 N–H and O–H groups in total. The third-order valence-electron chi connectivity index (χ3n) is 3.73. The molecule has 1 aliphatic rings. The predicted octanol–water partition coefficient (Wildman–Crippen LogP) is 3.97. The second-order valence-electron chi connectivity index (χ2n) is 5.35. The maximum atomic E-state index is 9.66. The average molecular weight is 281 g/mol. The Morgan fingerprint density at radius 1 is 1.14 bits per heavy atom. The van der Waals surface area contributed by atoms with Crippen LogP contribution in [0.3, 0.4) is 0 Å². The molecule has 0 saturated carbocycles. The van der Waals surface area contributed by atoms with Gasteiger partial charge < -0.3 is 15.2 Å². The van der Waals surface area contributed by atoms with Crippen molar-refractivity contribution >= 4 is 11.3 Å². The van der Waals surface area contributed by atoms with Gasteiger partial charge in [0.25, 0.3) is 0 Å². The van der Waals surface area contributed by atoms with Crippen LogP contribution in [0.15, 0.2) is 54.6 Å². The van der Waals surface area contributed by atoms with E-state index in [1.54, 1.807) is 6.08 Å². The maximum Gasteiger partial charge on any atom is 0.217 e. The highest BCUT2D eigenvalue weighted by Crippen LogP contribution is 2.34. The quantitative estimate of drug-likeness (QED) is 0.894. The van der Waals surface area contributed by atoms with Gasteiger partial charge in [-0.2, -0.15) is 0 Å². The third kappa shape index (κ3) is 2.93. The summed E-state index contributed by atoms with van der Waals surface area (Å²) in [6.07, 6.45) is 0.849. The van der Waals surface area contributed by atoms with Gasteiger partial charge in [0.1, 0.15) is 5.75 Å². The number of benzene rings is 2. The molecule has 0 saturated heterocycles. The Morgan fingerprint density at radius 3 is 2.67 bits per heavy atom. The fourth-order valence-electron chi connectivity index (χ4n) is 2.58. The Hall–Kier alpha value is -2.26. The minimum atomic E-state index is -0.862. The highest BCUT2D eigenvalue weighted by atomic mass is 16.6. The number of ether oxygens (including phenoxy) is 1. The van der Waals surface area contributed by atoms with Crippen molar-refractivity contribution in [3.05, 3.63) is 65.7 Å². The van der Waals surface area contributed by atoms with E-state index in [1.807, 2.05) is 43.3 Å². The number of allylic oxidation sites excluding steroid dienone is 1. The maximum absolute atomic E-state index is 9.66. The van der Waals surface area contributed by atoms with Crippen molar-refractivity contribution in [3.63, 3.8) is 0 Å². The van der Waals surface area contributed by atoms with Crippen LogP contribution in [0.4, 0.5) is 5.69 Å². The molecule has 108 valence electrons. The fourth-order valence-corrected chi connectivity index (χ4v) is 2.58. The number of aliphatic hydroxyl groups is 1. The predicted molar refractivity (Wildman–Crippen MR) is 85.2 cm³/mol. The third-order valence-corrected chi connectivity index (χ3v) is 3.73. The zero-order valence-electron chi connectivity index (χ0n) is 12.2. The van der Waals surface area contributed by atoms with Crippen molar-refractivity contribution in [2.24, 2.45) is 0 Å². The van der Waals surface area contributed by atoms with E-state index in [0.29, 0.717) is 5.75 Å². The van der Waals surface area contributed by atoms with Crippen LogP contribution in [0.1, 0.15) is 31.0 Å². The van der Waals surface area contributed by atoms with E-state index in [1.165, 1.54) is 5.56 Å². The highest BCUT2D eigenvalue weighted by Gasteiger charge is 2.17. The molecule has 2 atom stereocenters. The van der Waals surface area contributed by atoms with Gasteiger partial charge in [-0.1, -0.05) is 30.3 Å². The summed E-state index contributed by atoms with van der Waals surface area (Å²) in [6.45, 7) is 4.10. The Balaban J connectivity index is 1.82. The van der Waals surface area contributed by atoms with Crippen molar-refractivity contribution in [1.29, 1.82) is 0 Å². The first-order chi connectivity index (χ1) is 10.1. The van der Waals surface area contributed by atoms with E-state index in [9.17, 15) is 5.11 Å².